The van der Waals surface area contributed by atoms with Gasteiger partial charge in [0.2, 0.25) is 24.6 Å². The number of nitrogens with two attached hydrogens (primary N) is 1. The van der Waals surface area contributed by atoms with Crippen LogP contribution in [0, 0.1) is 0 Å². The number of benzene rings is 2. The Hall–Kier alpha value is -4.28. The molecule has 0 fully saturated rings. The smallest absolute Gasteiger partial charge is 0.349 e. The fourth-order valence-corrected chi connectivity index (χ4v) is 2.76. The Morgan fingerprint density at radius 2 is 1.80 bits per heavy atom. The normalized spacial score (nSPS) is 11.8. The highest BCUT2D eigenvalue weighted by Gasteiger charge is 2.17. The van der Waals surface area contributed by atoms with Crippen LogP contribution in [0.4, 0.5) is 33.8 Å². The minimum atomic E-state index is -0.578. The second-order valence-electron chi connectivity index (χ2n) is 6.45. The number of hydrogen-bond donors (Lipinski definition) is 3. The molecule has 2 heterocycles. The summed E-state index contributed by atoms with van der Waals surface area (Å²) in [4.78, 5) is 29.5. The Labute approximate surface area is 171 Å². The molecular formula is C19H19N7O4. The van der Waals surface area contributed by atoms with Gasteiger partial charge in [-0.2, -0.15) is 4.98 Å². The Morgan fingerprint density at radius 3 is 2.53 bits per heavy atom. The monoisotopic (exact) mass is 409 g/mol. The van der Waals surface area contributed by atoms with Crippen molar-refractivity contribution in [3.63, 3.8) is 0 Å². The Bertz CT molecular complexity index is 1110. The van der Waals surface area contributed by atoms with Crippen molar-refractivity contribution in [3.8, 4) is 11.5 Å². The van der Waals surface area contributed by atoms with Crippen molar-refractivity contribution in [2.24, 2.45) is 0 Å². The SMILES string of the molecule is CC(=O)N(C)c1ccc(Nc2nc(N)n(C(=O)Nc3ccc4c(c3)OCO4)n2)cc1. The minimum absolute atomic E-state index is 0.0719. The number of nitrogens with one attached hydrogen (secondary N) is 2. The van der Waals surface area contributed by atoms with Crippen LogP contribution in [-0.4, -0.2) is 40.5 Å². The molecule has 1 aromatic heterocycles. The molecule has 0 aliphatic carbocycles. The van der Waals surface area contributed by atoms with E-state index in [-0.39, 0.29) is 24.6 Å². The van der Waals surface area contributed by atoms with Crippen molar-refractivity contribution in [1.82, 2.24) is 14.8 Å². The van der Waals surface area contributed by atoms with Crippen molar-refractivity contribution in [2.45, 2.75) is 6.92 Å². The van der Waals surface area contributed by atoms with Crippen LogP contribution in [-0.2, 0) is 4.79 Å². The lowest BCUT2D eigenvalue weighted by Crippen LogP contribution is -2.22. The predicted octanol–water partition coefficient (Wildman–Crippen LogP) is 2.40. The van der Waals surface area contributed by atoms with Crippen LogP contribution in [0.15, 0.2) is 42.5 Å². The van der Waals surface area contributed by atoms with E-state index in [0.717, 1.165) is 10.4 Å². The third-order valence-corrected chi connectivity index (χ3v) is 4.43. The molecule has 1 aliphatic heterocycles. The summed E-state index contributed by atoms with van der Waals surface area (Å²) >= 11 is 0. The molecule has 4 rings (SSSR count). The molecule has 11 heteroatoms. The van der Waals surface area contributed by atoms with Gasteiger partial charge in [-0.15, -0.1) is 9.78 Å². The van der Waals surface area contributed by atoms with Gasteiger partial charge < -0.3 is 30.7 Å². The largest absolute Gasteiger partial charge is 0.454 e. The molecule has 0 spiro atoms. The van der Waals surface area contributed by atoms with Crippen LogP contribution in [0.25, 0.3) is 0 Å². The number of rotatable bonds is 4. The Morgan fingerprint density at radius 1 is 1.10 bits per heavy atom. The molecule has 2 aromatic carbocycles. The molecule has 0 saturated heterocycles. The van der Waals surface area contributed by atoms with Crippen LogP contribution >= 0.6 is 0 Å². The molecule has 154 valence electrons. The van der Waals surface area contributed by atoms with Crippen LogP contribution < -0.4 is 30.7 Å². The van der Waals surface area contributed by atoms with E-state index in [2.05, 4.69) is 20.7 Å². The van der Waals surface area contributed by atoms with Gasteiger partial charge in [0.15, 0.2) is 11.5 Å². The van der Waals surface area contributed by atoms with Gasteiger partial charge in [0, 0.05) is 37.1 Å². The van der Waals surface area contributed by atoms with Crippen LogP contribution in [0.3, 0.4) is 0 Å². The summed E-state index contributed by atoms with van der Waals surface area (Å²) in [6, 6.07) is 11.5. The summed E-state index contributed by atoms with van der Waals surface area (Å²) in [5.41, 5.74) is 7.75. The van der Waals surface area contributed by atoms with Gasteiger partial charge in [-0.3, -0.25) is 4.79 Å². The molecule has 0 unspecified atom stereocenters. The highest BCUT2D eigenvalue weighted by atomic mass is 16.7. The standard InChI is InChI=1S/C19H19N7O4/c1-11(27)25(2)14-6-3-12(4-7-14)21-18-23-17(20)26(24-18)19(28)22-13-5-8-15-16(9-13)30-10-29-15/h3-9H,10H2,1-2H3,(H,22,28)(H3,20,21,23,24). The van der Waals surface area contributed by atoms with Crippen molar-refractivity contribution < 1.29 is 19.1 Å². The maximum atomic E-state index is 12.5. The van der Waals surface area contributed by atoms with Gasteiger partial charge in [0.1, 0.15) is 0 Å². The first-order valence-corrected chi connectivity index (χ1v) is 8.95. The summed E-state index contributed by atoms with van der Waals surface area (Å²) in [6.45, 7) is 1.63. The number of aromatic nitrogens is 3. The quantitative estimate of drug-likeness (QED) is 0.597. The first-order chi connectivity index (χ1) is 14.4. The second kappa shape index (κ2) is 7.62. The maximum Gasteiger partial charge on any atom is 0.349 e. The molecule has 4 N–H and O–H groups in total. The average Bonchev–Trinajstić information content (AvgIpc) is 3.33. The van der Waals surface area contributed by atoms with Crippen molar-refractivity contribution >= 4 is 40.9 Å². The van der Waals surface area contributed by atoms with Crippen molar-refractivity contribution in [2.75, 3.05) is 35.1 Å². The zero-order valence-corrected chi connectivity index (χ0v) is 16.2. The third-order valence-electron chi connectivity index (χ3n) is 4.43. The van der Waals surface area contributed by atoms with E-state index in [1.165, 1.54) is 11.8 Å². The molecule has 1 aliphatic rings. The minimum Gasteiger partial charge on any atom is -0.454 e. The zero-order valence-electron chi connectivity index (χ0n) is 16.2. The van der Waals surface area contributed by atoms with E-state index in [0.29, 0.717) is 22.9 Å². The zero-order chi connectivity index (χ0) is 21.3. The molecule has 0 bridgehead atoms. The topological polar surface area (TPSA) is 137 Å². The maximum absolute atomic E-state index is 12.5. The number of anilines is 5. The summed E-state index contributed by atoms with van der Waals surface area (Å²) in [5, 5.41) is 9.74. The van der Waals surface area contributed by atoms with Gasteiger partial charge in [0.25, 0.3) is 0 Å². The van der Waals surface area contributed by atoms with Crippen molar-refractivity contribution in [3.05, 3.63) is 42.5 Å². The summed E-state index contributed by atoms with van der Waals surface area (Å²) in [6.07, 6.45) is 0. The van der Waals surface area contributed by atoms with E-state index >= 15 is 0 Å². The molecular weight excluding hydrogens is 390 g/mol. The Kier molecular flexibility index (Phi) is 4.84. The summed E-state index contributed by atoms with van der Waals surface area (Å²) in [7, 11) is 1.69. The number of fused-ring (bicyclic) bond motifs is 1. The van der Waals surface area contributed by atoms with Gasteiger partial charge in [-0.25, -0.2) is 4.79 Å². The lowest BCUT2D eigenvalue weighted by Gasteiger charge is -2.15. The first-order valence-electron chi connectivity index (χ1n) is 8.95. The van der Waals surface area contributed by atoms with Gasteiger partial charge in [-0.05, 0) is 36.4 Å². The van der Waals surface area contributed by atoms with E-state index in [1.54, 1.807) is 49.5 Å². The van der Waals surface area contributed by atoms with Gasteiger partial charge in [0.05, 0.1) is 0 Å². The average molecular weight is 409 g/mol. The molecule has 0 saturated carbocycles. The predicted molar refractivity (Wildman–Crippen MR) is 110 cm³/mol. The molecule has 11 nitrogen and oxygen atoms in total. The number of nitrogen functional groups attached to an aromatic ring is 1. The molecule has 0 atom stereocenters. The van der Waals surface area contributed by atoms with E-state index in [9.17, 15) is 9.59 Å². The second-order valence-corrected chi connectivity index (χ2v) is 6.45. The highest BCUT2D eigenvalue weighted by molar-refractivity contribution is 5.92. The molecule has 2 amide bonds. The number of hydrogen-bond acceptors (Lipinski definition) is 8. The lowest BCUT2D eigenvalue weighted by atomic mass is 10.2. The van der Waals surface area contributed by atoms with E-state index in [1.807, 2.05) is 0 Å². The number of carbonyl (C=O) groups excluding carboxylic acids is 2. The number of nitrogens with zero attached hydrogens (tertiary/aromatic N) is 4. The molecule has 3 aromatic rings. The number of amides is 2. The molecule has 0 radical (unpaired) electrons. The van der Waals surface area contributed by atoms with E-state index < -0.39 is 6.03 Å². The summed E-state index contributed by atoms with van der Waals surface area (Å²) in [5.74, 6) is 1.16. The van der Waals surface area contributed by atoms with Crippen molar-refractivity contribution in [1.29, 1.82) is 0 Å². The third kappa shape index (κ3) is 3.81. The van der Waals surface area contributed by atoms with Gasteiger partial charge >= 0.3 is 6.03 Å². The van der Waals surface area contributed by atoms with E-state index in [4.69, 9.17) is 15.2 Å². The van der Waals surface area contributed by atoms with Gasteiger partial charge in [-0.1, -0.05) is 0 Å². The molecule has 30 heavy (non-hydrogen) atoms. The fourth-order valence-electron chi connectivity index (χ4n) is 2.76. The highest BCUT2D eigenvalue weighted by Crippen LogP contribution is 2.34. The first kappa shape index (κ1) is 19.1. The van der Waals surface area contributed by atoms with Crippen LogP contribution in [0.2, 0.25) is 0 Å². The van der Waals surface area contributed by atoms with Crippen LogP contribution in [0.1, 0.15) is 6.92 Å². The number of carbonyl (C=O) groups is 2. The lowest BCUT2D eigenvalue weighted by molar-refractivity contribution is -0.116. The number of ether oxygens (including phenoxy) is 2. The van der Waals surface area contributed by atoms with Crippen LogP contribution in [0.5, 0.6) is 11.5 Å². The fraction of sp³-hybridized carbons (Fsp3) is 0.158. The Balaban J connectivity index is 1.45. The summed E-state index contributed by atoms with van der Waals surface area (Å²) < 4.78 is 11.5.